The number of nitrogens with one attached hydrogen (secondary N) is 3. The molecule has 0 radical (unpaired) electrons. The molecule has 168 valence electrons. The highest BCUT2D eigenvalue weighted by Crippen LogP contribution is 2.10. The van der Waals surface area contributed by atoms with Crippen LogP contribution in [0, 0.1) is 0 Å². The average molecular weight is 438 g/mol. The molecule has 0 saturated carbocycles. The molecule has 1 heterocycles. The highest BCUT2D eigenvalue weighted by atomic mass is 32.2. The number of carbonyl (C=O) groups is 1. The zero-order valence-corrected chi connectivity index (χ0v) is 19.1. The van der Waals surface area contributed by atoms with Crippen LogP contribution in [-0.4, -0.2) is 83.0 Å². The standard InChI is InChI=1S/C21H35N5O3S/c1-4-23-21(24-11-8-17-6-5-7-18(16-17)20(27)22-2)25-19-9-12-26(13-10-19)14-15-30(3,28)29/h5-7,16,19H,4,8-15H2,1-3H3,(H,22,27)(H2,23,24,25). The lowest BCUT2D eigenvalue weighted by molar-refractivity contribution is 0.0963. The van der Waals surface area contributed by atoms with Gasteiger partial charge in [-0.3, -0.25) is 9.79 Å². The number of carbonyl (C=O) groups excluding carboxylic acids is 1. The second-order valence-electron chi connectivity index (χ2n) is 7.68. The second kappa shape index (κ2) is 11.9. The SMILES string of the molecule is CCNC(=NCCc1cccc(C(=O)NC)c1)NC1CCN(CCS(C)(=O)=O)CC1. The molecule has 0 atom stereocenters. The lowest BCUT2D eigenvalue weighted by Gasteiger charge is -2.32. The molecule has 1 aliphatic heterocycles. The number of rotatable bonds is 9. The van der Waals surface area contributed by atoms with Gasteiger partial charge in [0.1, 0.15) is 9.84 Å². The summed E-state index contributed by atoms with van der Waals surface area (Å²) in [6, 6.07) is 7.94. The first kappa shape index (κ1) is 24.1. The number of piperidine rings is 1. The van der Waals surface area contributed by atoms with Crippen molar-refractivity contribution >= 4 is 21.7 Å². The number of sulfone groups is 1. The van der Waals surface area contributed by atoms with E-state index in [0.29, 0.717) is 24.7 Å². The molecule has 1 aromatic carbocycles. The van der Waals surface area contributed by atoms with Crippen molar-refractivity contribution < 1.29 is 13.2 Å². The molecule has 1 aliphatic rings. The first-order valence-electron chi connectivity index (χ1n) is 10.6. The first-order valence-corrected chi connectivity index (χ1v) is 12.6. The highest BCUT2D eigenvalue weighted by Gasteiger charge is 2.20. The van der Waals surface area contributed by atoms with Gasteiger partial charge in [0.2, 0.25) is 0 Å². The highest BCUT2D eigenvalue weighted by molar-refractivity contribution is 7.90. The van der Waals surface area contributed by atoms with Gasteiger partial charge >= 0.3 is 0 Å². The van der Waals surface area contributed by atoms with E-state index >= 15 is 0 Å². The van der Waals surface area contributed by atoms with Gasteiger partial charge in [0.25, 0.3) is 5.91 Å². The lowest BCUT2D eigenvalue weighted by Crippen LogP contribution is -2.49. The van der Waals surface area contributed by atoms with Gasteiger partial charge in [-0.1, -0.05) is 12.1 Å². The summed E-state index contributed by atoms with van der Waals surface area (Å²) in [5.74, 6) is 0.934. The van der Waals surface area contributed by atoms with Gasteiger partial charge in [0.15, 0.2) is 5.96 Å². The molecule has 30 heavy (non-hydrogen) atoms. The van der Waals surface area contributed by atoms with Crippen LogP contribution in [0.4, 0.5) is 0 Å². The van der Waals surface area contributed by atoms with Crippen molar-refractivity contribution in [1.82, 2.24) is 20.9 Å². The van der Waals surface area contributed by atoms with Crippen LogP contribution >= 0.6 is 0 Å². The van der Waals surface area contributed by atoms with Crippen molar-refractivity contribution in [2.45, 2.75) is 32.2 Å². The van der Waals surface area contributed by atoms with Gasteiger partial charge in [-0.2, -0.15) is 0 Å². The summed E-state index contributed by atoms with van der Waals surface area (Å²) in [6.45, 7) is 5.83. The average Bonchev–Trinajstić information content (AvgIpc) is 2.72. The van der Waals surface area contributed by atoms with Gasteiger partial charge in [-0.05, 0) is 43.9 Å². The molecule has 0 spiro atoms. The molecule has 1 aromatic rings. The summed E-state index contributed by atoms with van der Waals surface area (Å²) in [7, 11) is -1.29. The number of hydrogen-bond donors (Lipinski definition) is 3. The van der Waals surface area contributed by atoms with E-state index in [1.165, 1.54) is 6.26 Å². The fraction of sp³-hybridized carbons (Fsp3) is 0.619. The molecule has 1 amide bonds. The summed E-state index contributed by atoms with van der Waals surface area (Å²) in [5.41, 5.74) is 1.74. The van der Waals surface area contributed by atoms with Crippen molar-refractivity contribution in [3.8, 4) is 0 Å². The van der Waals surface area contributed by atoms with Crippen LogP contribution in [0.2, 0.25) is 0 Å². The van der Waals surface area contributed by atoms with Crippen LogP contribution in [0.5, 0.6) is 0 Å². The Labute approximate surface area is 180 Å². The van der Waals surface area contributed by atoms with E-state index in [2.05, 4.69) is 25.8 Å². The largest absolute Gasteiger partial charge is 0.357 e. The van der Waals surface area contributed by atoms with Crippen molar-refractivity contribution in [2.24, 2.45) is 4.99 Å². The monoisotopic (exact) mass is 437 g/mol. The van der Waals surface area contributed by atoms with Crippen molar-refractivity contribution in [2.75, 3.05) is 51.8 Å². The van der Waals surface area contributed by atoms with E-state index in [9.17, 15) is 13.2 Å². The maximum Gasteiger partial charge on any atom is 0.251 e. The van der Waals surface area contributed by atoms with E-state index in [1.54, 1.807) is 13.1 Å². The molecule has 2 rings (SSSR count). The molecule has 3 N–H and O–H groups in total. The fourth-order valence-corrected chi connectivity index (χ4v) is 4.01. The lowest BCUT2D eigenvalue weighted by atomic mass is 10.1. The van der Waals surface area contributed by atoms with Crippen LogP contribution in [-0.2, 0) is 16.3 Å². The summed E-state index contributed by atoms with van der Waals surface area (Å²) < 4.78 is 22.7. The molecule has 0 bridgehead atoms. The normalized spacial score (nSPS) is 16.3. The number of aliphatic imine (C=N–C) groups is 1. The number of likely N-dealkylation sites (tertiary alicyclic amines) is 1. The minimum atomic E-state index is -2.91. The molecule has 9 heteroatoms. The third-order valence-electron chi connectivity index (χ3n) is 5.14. The Balaban J connectivity index is 1.83. The summed E-state index contributed by atoms with van der Waals surface area (Å²) in [5, 5.41) is 9.44. The van der Waals surface area contributed by atoms with Gasteiger partial charge < -0.3 is 20.9 Å². The molecule has 0 unspecified atom stereocenters. The molecule has 1 saturated heterocycles. The van der Waals surface area contributed by atoms with E-state index in [0.717, 1.165) is 50.4 Å². The number of nitrogens with zero attached hydrogens (tertiary/aromatic N) is 2. The predicted molar refractivity (Wildman–Crippen MR) is 122 cm³/mol. The van der Waals surface area contributed by atoms with Crippen LogP contribution in [0.3, 0.4) is 0 Å². The van der Waals surface area contributed by atoms with Crippen LogP contribution in [0.1, 0.15) is 35.7 Å². The zero-order valence-electron chi connectivity index (χ0n) is 18.3. The van der Waals surface area contributed by atoms with Crippen molar-refractivity contribution in [3.05, 3.63) is 35.4 Å². The van der Waals surface area contributed by atoms with Gasteiger partial charge in [0, 0.05) is 57.6 Å². The van der Waals surface area contributed by atoms with E-state index < -0.39 is 9.84 Å². The van der Waals surface area contributed by atoms with Crippen LogP contribution in [0.15, 0.2) is 29.3 Å². The van der Waals surface area contributed by atoms with E-state index in [1.807, 2.05) is 25.1 Å². The summed E-state index contributed by atoms with van der Waals surface area (Å²) in [4.78, 5) is 18.7. The smallest absolute Gasteiger partial charge is 0.251 e. The molecule has 1 fully saturated rings. The third-order valence-corrected chi connectivity index (χ3v) is 6.06. The third kappa shape index (κ3) is 8.71. The summed E-state index contributed by atoms with van der Waals surface area (Å²) in [6.07, 6.45) is 3.96. The number of amides is 1. The fourth-order valence-electron chi connectivity index (χ4n) is 3.42. The Hall–Kier alpha value is -2.13. The number of guanidine groups is 1. The zero-order chi connectivity index (χ0) is 22.0. The molecule has 0 aromatic heterocycles. The maximum atomic E-state index is 11.8. The Morgan fingerprint density at radius 1 is 1.27 bits per heavy atom. The first-order chi connectivity index (χ1) is 14.3. The van der Waals surface area contributed by atoms with Gasteiger partial charge in [0.05, 0.1) is 5.75 Å². The Morgan fingerprint density at radius 3 is 2.63 bits per heavy atom. The minimum Gasteiger partial charge on any atom is -0.357 e. The van der Waals surface area contributed by atoms with Gasteiger partial charge in [-0.15, -0.1) is 0 Å². The second-order valence-corrected chi connectivity index (χ2v) is 9.94. The maximum absolute atomic E-state index is 11.8. The predicted octanol–water partition coefficient (Wildman–Crippen LogP) is 0.653. The quantitative estimate of drug-likeness (QED) is 0.387. The molecule has 0 aliphatic carbocycles. The van der Waals surface area contributed by atoms with Crippen LogP contribution in [0.25, 0.3) is 0 Å². The van der Waals surface area contributed by atoms with Gasteiger partial charge in [-0.25, -0.2) is 8.42 Å². The Bertz CT molecular complexity index is 818. The minimum absolute atomic E-state index is 0.0850. The van der Waals surface area contributed by atoms with E-state index in [4.69, 9.17) is 0 Å². The topological polar surface area (TPSA) is 103 Å². The molecular weight excluding hydrogens is 402 g/mol. The van der Waals surface area contributed by atoms with Crippen molar-refractivity contribution in [3.63, 3.8) is 0 Å². The molecular formula is C21H35N5O3S. The summed E-state index contributed by atoms with van der Waals surface area (Å²) >= 11 is 0. The van der Waals surface area contributed by atoms with Crippen LogP contribution < -0.4 is 16.0 Å². The number of hydrogen-bond acceptors (Lipinski definition) is 5. The van der Waals surface area contributed by atoms with E-state index in [-0.39, 0.29) is 11.7 Å². The Morgan fingerprint density at radius 2 is 2.00 bits per heavy atom. The number of benzene rings is 1. The van der Waals surface area contributed by atoms with Crippen molar-refractivity contribution in [1.29, 1.82) is 0 Å². The molecule has 8 nitrogen and oxygen atoms in total. The Kier molecular flexibility index (Phi) is 9.58.